The Bertz CT molecular complexity index is 1210. The van der Waals surface area contributed by atoms with Crippen LogP contribution in [0, 0.1) is 0 Å². The molecule has 1 N–H and O–H groups in total. The zero-order valence-corrected chi connectivity index (χ0v) is 22.7. The van der Waals surface area contributed by atoms with Gasteiger partial charge in [-0.2, -0.15) is 0 Å². The monoisotopic (exact) mass is 519 g/mol. The molecule has 0 bridgehead atoms. The third-order valence-electron chi connectivity index (χ3n) is 7.22. The van der Waals surface area contributed by atoms with Crippen LogP contribution >= 0.6 is 0 Å². The summed E-state index contributed by atoms with van der Waals surface area (Å²) in [5, 5.41) is 2.62. The van der Waals surface area contributed by atoms with Gasteiger partial charge in [0.2, 0.25) is 0 Å². The van der Waals surface area contributed by atoms with Crippen molar-refractivity contribution < 1.29 is 19.0 Å². The van der Waals surface area contributed by atoms with E-state index in [2.05, 4.69) is 24.1 Å². The second-order valence-corrected chi connectivity index (χ2v) is 10.5. The topological polar surface area (TPSA) is 119 Å². The van der Waals surface area contributed by atoms with Gasteiger partial charge in [0.25, 0.3) is 11.5 Å². The number of amides is 1. The summed E-state index contributed by atoms with van der Waals surface area (Å²) < 4.78 is 22.9. The van der Waals surface area contributed by atoms with Crippen LogP contribution in [0.25, 0.3) is 11.2 Å². The van der Waals surface area contributed by atoms with E-state index in [4.69, 9.17) is 14.2 Å². The fraction of sp³-hybridized carbons (Fsp3) is 0.769. The minimum Gasteiger partial charge on any atom is -0.357 e. The maximum atomic E-state index is 13.8. The second kappa shape index (κ2) is 11.5. The van der Waals surface area contributed by atoms with Crippen LogP contribution in [0.4, 0.5) is 0 Å². The van der Waals surface area contributed by atoms with Gasteiger partial charge >= 0.3 is 5.69 Å². The SMILES string of the molecule is CCCCCCn1c(=O)c2c(ncn2[C@@H]2O[C@H](C(=O)NC)[C@H]3OC(C)(C)O[C@H]32)n(CCCCCC)c1=O. The molecule has 2 aromatic heterocycles. The van der Waals surface area contributed by atoms with E-state index in [1.165, 1.54) is 17.9 Å². The first-order chi connectivity index (χ1) is 17.7. The van der Waals surface area contributed by atoms with Crippen LogP contribution in [0.3, 0.4) is 0 Å². The van der Waals surface area contributed by atoms with Gasteiger partial charge in [0.05, 0.1) is 6.33 Å². The average molecular weight is 520 g/mol. The first kappa shape index (κ1) is 27.5. The lowest BCUT2D eigenvalue weighted by atomic mass is 10.1. The molecular weight excluding hydrogens is 478 g/mol. The standard InChI is InChI=1S/C26H41N5O6/c1-6-8-10-12-14-29-21-17(23(33)30(25(29)34)15-13-11-9-7-2)31(16-28-21)24-20-18(36-26(3,4)37-20)19(35-24)22(32)27-5/h16,18-20,24H,6-15H2,1-5H3,(H,27,32)/t18-,19+,20-,24-/m1/s1. The van der Waals surface area contributed by atoms with E-state index in [9.17, 15) is 14.4 Å². The number of hydrogen-bond acceptors (Lipinski definition) is 7. The number of imidazole rings is 1. The molecule has 37 heavy (non-hydrogen) atoms. The highest BCUT2D eigenvalue weighted by atomic mass is 16.8. The summed E-state index contributed by atoms with van der Waals surface area (Å²) in [5.74, 6) is -1.25. The molecular formula is C26H41N5O6. The number of unbranched alkanes of at least 4 members (excludes halogenated alkanes) is 6. The highest BCUT2D eigenvalue weighted by molar-refractivity contribution is 5.81. The maximum absolute atomic E-state index is 13.8. The van der Waals surface area contributed by atoms with Gasteiger partial charge in [0.15, 0.2) is 29.3 Å². The number of likely N-dealkylation sites (N-methyl/N-ethyl adjacent to an activating group) is 1. The predicted molar refractivity (Wildman–Crippen MR) is 138 cm³/mol. The number of carbonyl (C=O) groups is 1. The number of aryl methyl sites for hydroxylation is 1. The molecule has 2 saturated heterocycles. The van der Waals surface area contributed by atoms with Crippen LogP contribution in [0.5, 0.6) is 0 Å². The summed E-state index contributed by atoms with van der Waals surface area (Å²) in [6, 6.07) is 0. The number of nitrogens with one attached hydrogen (secondary N) is 1. The van der Waals surface area contributed by atoms with Gasteiger partial charge in [-0.05, 0) is 26.7 Å². The van der Waals surface area contributed by atoms with Gasteiger partial charge in [-0.25, -0.2) is 9.78 Å². The molecule has 2 aliphatic heterocycles. The lowest BCUT2D eigenvalue weighted by Gasteiger charge is -2.24. The van der Waals surface area contributed by atoms with Gasteiger partial charge < -0.3 is 19.5 Å². The molecule has 2 aliphatic rings. The van der Waals surface area contributed by atoms with E-state index in [-0.39, 0.29) is 17.1 Å². The number of ether oxygens (including phenoxy) is 3. The molecule has 4 atom stereocenters. The molecule has 0 radical (unpaired) electrons. The molecule has 0 unspecified atom stereocenters. The average Bonchev–Trinajstić information content (AvgIpc) is 3.53. The normalized spacial score (nSPS) is 24.6. The molecule has 0 aromatic carbocycles. The van der Waals surface area contributed by atoms with Crippen LogP contribution in [-0.2, 0) is 32.1 Å². The lowest BCUT2D eigenvalue weighted by molar-refractivity contribution is -0.197. The molecule has 4 rings (SSSR count). The molecule has 1 amide bonds. The smallest absolute Gasteiger partial charge is 0.332 e. The molecule has 206 valence electrons. The van der Waals surface area contributed by atoms with E-state index in [0.717, 1.165) is 51.4 Å². The molecule has 2 fully saturated rings. The van der Waals surface area contributed by atoms with Crippen molar-refractivity contribution in [1.29, 1.82) is 0 Å². The Hall–Kier alpha value is -2.50. The number of rotatable bonds is 12. The number of carbonyl (C=O) groups excluding carboxylic acids is 1. The molecule has 0 aliphatic carbocycles. The summed E-state index contributed by atoms with van der Waals surface area (Å²) >= 11 is 0. The minimum absolute atomic E-state index is 0.278. The van der Waals surface area contributed by atoms with Crippen LogP contribution in [0.1, 0.15) is 85.3 Å². The number of aromatic nitrogens is 4. The third kappa shape index (κ3) is 5.39. The first-order valence-corrected chi connectivity index (χ1v) is 13.7. The minimum atomic E-state index is -0.916. The fourth-order valence-electron chi connectivity index (χ4n) is 5.34. The van der Waals surface area contributed by atoms with Crippen molar-refractivity contribution in [1.82, 2.24) is 24.0 Å². The van der Waals surface area contributed by atoms with Crippen molar-refractivity contribution in [3.05, 3.63) is 27.2 Å². The number of fused-ring (bicyclic) bond motifs is 2. The Balaban J connectivity index is 1.78. The Morgan fingerprint density at radius 2 is 1.59 bits per heavy atom. The van der Waals surface area contributed by atoms with Gasteiger partial charge in [-0.3, -0.25) is 23.3 Å². The van der Waals surface area contributed by atoms with Crippen molar-refractivity contribution in [2.24, 2.45) is 0 Å². The van der Waals surface area contributed by atoms with Gasteiger partial charge in [-0.15, -0.1) is 0 Å². The molecule has 2 aromatic rings. The Labute approximate surface area is 217 Å². The molecule has 0 spiro atoms. The number of nitrogens with zero attached hydrogens (tertiary/aromatic N) is 4. The molecule has 11 nitrogen and oxygen atoms in total. The summed E-state index contributed by atoms with van der Waals surface area (Å²) in [4.78, 5) is 44.3. The fourth-order valence-corrected chi connectivity index (χ4v) is 5.34. The maximum Gasteiger partial charge on any atom is 0.332 e. The van der Waals surface area contributed by atoms with E-state index in [1.807, 2.05) is 0 Å². The largest absolute Gasteiger partial charge is 0.357 e. The van der Waals surface area contributed by atoms with E-state index < -0.39 is 35.9 Å². The van der Waals surface area contributed by atoms with Crippen molar-refractivity contribution in [3.8, 4) is 0 Å². The first-order valence-electron chi connectivity index (χ1n) is 13.7. The third-order valence-corrected chi connectivity index (χ3v) is 7.22. The van der Waals surface area contributed by atoms with E-state index in [1.54, 1.807) is 23.0 Å². The van der Waals surface area contributed by atoms with Crippen LogP contribution < -0.4 is 16.6 Å². The predicted octanol–water partition coefficient (Wildman–Crippen LogP) is 2.68. The lowest BCUT2D eigenvalue weighted by Crippen LogP contribution is -2.41. The summed E-state index contributed by atoms with van der Waals surface area (Å²) in [7, 11) is 1.54. The second-order valence-electron chi connectivity index (χ2n) is 10.5. The summed E-state index contributed by atoms with van der Waals surface area (Å²) in [6.07, 6.45) is 6.29. The zero-order chi connectivity index (χ0) is 26.7. The van der Waals surface area contributed by atoms with E-state index in [0.29, 0.717) is 18.7 Å². The Morgan fingerprint density at radius 3 is 2.22 bits per heavy atom. The van der Waals surface area contributed by atoms with E-state index >= 15 is 0 Å². The summed E-state index contributed by atoms with van der Waals surface area (Å²) in [5.41, 5.74) is -0.121. The highest BCUT2D eigenvalue weighted by Crippen LogP contribution is 2.43. The molecule has 4 heterocycles. The quantitative estimate of drug-likeness (QED) is 0.428. The van der Waals surface area contributed by atoms with Gasteiger partial charge in [-0.1, -0.05) is 52.4 Å². The van der Waals surface area contributed by atoms with Crippen molar-refractivity contribution in [3.63, 3.8) is 0 Å². The number of hydrogen-bond donors (Lipinski definition) is 1. The Morgan fingerprint density at radius 1 is 0.973 bits per heavy atom. The van der Waals surface area contributed by atoms with Gasteiger partial charge in [0.1, 0.15) is 12.2 Å². The van der Waals surface area contributed by atoms with Crippen LogP contribution in [0.2, 0.25) is 0 Å². The highest BCUT2D eigenvalue weighted by Gasteiger charge is 2.58. The summed E-state index contributed by atoms with van der Waals surface area (Å²) in [6.45, 7) is 8.65. The molecule has 0 saturated carbocycles. The van der Waals surface area contributed by atoms with Crippen molar-refractivity contribution in [2.75, 3.05) is 7.05 Å². The Kier molecular flexibility index (Phi) is 8.55. The van der Waals surface area contributed by atoms with Crippen molar-refractivity contribution >= 4 is 17.1 Å². The zero-order valence-electron chi connectivity index (χ0n) is 22.7. The van der Waals surface area contributed by atoms with Crippen molar-refractivity contribution in [2.45, 2.75) is 122 Å². The van der Waals surface area contributed by atoms with Crippen LogP contribution in [0.15, 0.2) is 15.9 Å². The molecule has 11 heteroatoms. The van der Waals surface area contributed by atoms with Crippen LogP contribution in [-0.4, -0.2) is 55.7 Å². The van der Waals surface area contributed by atoms with Gasteiger partial charge in [0, 0.05) is 20.1 Å².